The van der Waals surface area contributed by atoms with Gasteiger partial charge < -0.3 is 9.47 Å². The van der Waals surface area contributed by atoms with Crippen LogP contribution < -0.4 is 4.90 Å². The molecule has 3 aromatic rings. The molecule has 1 aliphatic heterocycles. The van der Waals surface area contributed by atoms with Gasteiger partial charge in [0.2, 0.25) is 0 Å². The zero-order valence-corrected chi connectivity index (χ0v) is 13.9. The summed E-state index contributed by atoms with van der Waals surface area (Å²) in [6, 6.07) is 11.0. The number of nitrogens with zero attached hydrogens (tertiary/aromatic N) is 4. The lowest BCUT2D eigenvalue weighted by Crippen LogP contribution is -2.48. The summed E-state index contributed by atoms with van der Waals surface area (Å²) in [6.07, 6.45) is -1.08. The highest BCUT2D eigenvalue weighted by atomic mass is 19.4. The lowest BCUT2D eigenvalue weighted by Gasteiger charge is -2.41. The van der Waals surface area contributed by atoms with E-state index in [1.807, 2.05) is 23.1 Å². The maximum Gasteiger partial charge on any atom is 0.417 e. The molecule has 0 bridgehead atoms. The Kier molecular flexibility index (Phi) is 3.29. The number of pyridine rings is 1. The van der Waals surface area contributed by atoms with E-state index in [0.717, 1.165) is 42.2 Å². The molecule has 0 radical (unpaired) electrons. The van der Waals surface area contributed by atoms with Crippen LogP contribution in [-0.4, -0.2) is 27.6 Å². The highest BCUT2D eigenvalue weighted by Crippen LogP contribution is 2.43. The van der Waals surface area contributed by atoms with Gasteiger partial charge in [0, 0.05) is 25.2 Å². The Morgan fingerprint density at radius 2 is 1.77 bits per heavy atom. The summed E-state index contributed by atoms with van der Waals surface area (Å²) in [4.78, 5) is 10.8. The van der Waals surface area contributed by atoms with Crippen molar-refractivity contribution in [2.45, 2.75) is 31.0 Å². The number of hydrogen-bond acceptors (Lipinski definition) is 3. The Labute approximate surface area is 148 Å². The third kappa shape index (κ3) is 2.53. The smallest absolute Gasteiger partial charge is 0.352 e. The topological polar surface area (TPSA) is 34.0 Å². The Morgan fingerprint density at radius 1 is 1.00 bits per heavy atom. The first-order valence-corrected chi connectivity index (χ1v) is 8.76. The molecule has 1 saturated heterocycles. The minimum absolute atomic E-state index is 0.280. The van der Waals surface area contributed by atoms with E-state index in [2.05, 4.69) is 15.6 Å². The number of imidazole rings is 1. The second kappa shape index (κ2) is 5.46. The van der Waals surface area contributed by atoms with Crippen LogP contribution in [0.5, 0.6) is 0 Å². The third-order valence-corrected chi connectivity index (χ3v) is 5.19. The van der Waals surface area contributed by atoms with Gasteiger partial charge in [-0.2, -0.15) is 13.2 Å². The zero-order valence-electron chi connectivity index (χ0n) is 13.9. The van der Waals surface area contributed by atoms with Crippen LogP contribution in [0, 0.1) is 0 Å². The standard InChI is InChI=1S/C19H17F3N4/c20-19(21,22)13-7-8-17(23-9-13)25-10-14(11-25)26-16-4-2-1-3-15(16)24-18(26)12-5-6-12/h1-4,7-9,12,14H,5-6,10-11H2. The zero-order chi connectivity index (χ0) is 17.9. The summed E-state index contributed by atoms with van der Waals surface area (Å²) in [7, 11) is 0. The fourth-order valence-electron chi connectivity index (χ4n) is 3.62. The summed E-state index contributed by atoms with van der Waals surface area (Å²) < 4.78 is 40.4. The number of hydrogen-bond donors (Lipinski definition) is 0. The third-order valence-electron chi connectivity index (χ3n) is 5.19. The van der Waals surface area contributed by atoms with Crippen molar-refractivity contribution in [3.8, 4) is 0 Å². The van der Waals surface area contributed by atoms with Gasteiger partial charge in [0.25, 0.3) is 0 Å². The average molecular weight is 358 g/mol. The molecule has 2 fully saturated rings. The van der Waals surface area contributed by atoms with Gasteiger partial charge in [0.05, 0.1) is 22.6 Å². The van der Waals surface area contributed by atoms with E-state index in [4.69, 9.17) is 4.98 Å². The molecule has 2 aliphatic rings. The highest BCUT2D eigenvalue weighted by Gasteiger charge is 2.37. The van der Waals surface area contributed by atoms with Crippen LogP contribution in [0.1, 0.15) is 36.2 Å². The summed E-state index contributed by atoms with van der Waals surface area (Å²) in [5, 5.41) is 0. The molecule has 5 rings (SSSR count). The molecule has 0 atom stereocenters. The van der Waals surface area contributed by atoms with Gasteiger partial charge in [-0.25, -0.2) is 9.97 Å². The van der Waals surface area contributed by atoms with Crippen molar-refractivity contribution in [2.75, 3.05) is 18.0 Å². The molecule has 4 nitrogen and oxygen atoms in total. The molecule has 0 unspecified atom stereocenters. The van der Waals surface area contributed by atoms with Gasteiger partial charge in [0.15, 0.2) is 0 Å². The fourth-order valence-corrected chi connectivity index (χ4v) is 3.62. The minimum atomic E-state index is -4.35. The molecule has 0 amide bonds. The number of benzene rings is 1. The van der Waals surface area contributed by atoms with Crippen molar-refractivity contribution in [3.63, 3.8) is 0 Å². The Bertz CT molecular complexity index is 951. The van der Waals surface area contributed by atoms with Crippen molar-refractivity contribution in [1.82, 2.24) is 14.5 Å². The van der Waals surface area contributed by atoms with Crippen LogP contribution in [0.2, 0.25) is 0 Å². The van der Waals surface area contributed by atoms with Crippen LogP contribution in [-0.2, 0) is 6.18 Å². The van der Waals surface area contributed by atoms with E-state index in [1.165, 1.54) is 18.9 Å². The van der Waals surface area contributed by atoms with Crippen LogP contribution >= 0.6 is 0 Å². The van der Waals surface area contributed by atoms with E-state index in [9.17, 15) is 13.2 Å². The summed E-state index contributed by atoms with van der Waals surface area (Å²) in [5.41, 5.74) is 1.44. The molecular weight excluding hydrogens is 341 g/mol. The van der Waals surface area contributed by atoms with Crippen LogP contribution in [0.15, 0.2) is 42.6 Å². The van der Waals surface area contributed by atoms with Crippen LogP contribution in [0.25, 0.3) is 11.0 Å². The van der Waals surface area contributed by atoms with Crippen LogP contribution in [0.3, 0.4) is 0 Å². The number of aromatic nitrogens is 3. The first-order chi connectivity index (χ1) is 12.5. The van der Waals surface area contributed by atoms with E-state index in [0.29, 0.717) is 11.7 Å². The van der Waals surface area contributed by atoms with E-state index in [-0.39, 0.29) is 6.04 Å². The molecule has 0 spiro atoms. The van der Waals surface area contributed by atoms with Crippen molar-refractivity contribution in [2.24, 2.45) is 0 Å². The molecule has 1 aliphatic carbocycles. The predicted molar refractivity (Wildman–Crippen MR) is 92.2 cm³/mol. The monoisotopic (exact) mass is 358 g/mol. The largest absolute Gasteiger partial charge is 0.417 e. The van der Waals surface area contributed by atoms with Crippen molar-refractivity contribution < 1.29 is 13.2 Å². The van der Waals surface area contributed by atoms with Gasteiger partial charge in [-0.15, -0.1) is 0 Å². The normalized spacial score (nSPS) is 18.3. The van der Waals surface area contributed by atoms with Crippen molar-refractivity contribution in [3.05, 3.63) is 54.0 Å². The Balaban J connectivity index is 1.39. The van der Waals surface area contributed by atoms with Crippen molar-refractivity contribution >= 4 is 16.9 Å². The van der Waals surface area contributed by atoms with Crippen molar-refractivity contribution in [1.29, 1.82) is 0 Å². The Morgan fingerprint density at radius 3 is 2.42 bits per heavy atom. The first kappa shape index (κ1) is 15.7. The van der Waals surface area contributed by atoms with Gasteiger partial charge in [-0.05, 0) is 37.1 Å². The first-order valence-electron chi connectivity index (χ1n) is 8.76. The molecular formula is C19H17F3N4. The van der Waals surface area contributed by atoms with Gasteiger partial charge >= 0.3 is 6.18 Å². The molecule has 3 heterocycles. The maximum atomic E-state index is 12.7. The molecule has 134 valence electrons. The SMILES string of the molecule is FC(F)(F)c1ccc(N2CC(n3c(C4CC4)nc4ccccc43)C2)nc1. The maximum absolute atomic E-state index is 12.7. The molecule has 1 saturated carbocycles. The molecule has 2 aromatic heterocycles. The van der Waals surface area contributed by atoms with Gasteiger partial charge in [-0.1, -0.05) is 12.1 Å². The number of anilines is 1. The second-order valence-electron chi connectivity index (χ2n) is 7.06. The number of fused-ring (bicyclic) bond motifs is 1. The number of para-hydroxylation sites is 2. The fraction of sp³-hybridized carbons (Fsp3) is 0.368. The Hall–Kier alpha value is -2.57. The van der Waals surface area contributed by atoms with E-state index in [1.54, 1.807) is 0 Å². The lowest BCUT2D eigenvalue weighted by atomic mass is 10.1. The summed E-state index contributed by atoms with van der Waals surface area (Å²) >= 11 is 0. The molecule has 7 heteroatoms. The van der Waals surface area contributed by atoms with Gasteiger partial charge in [0.1, 0.15) is 11.6 Å². The summed E-state index contributed by atoms with van der Waals surface area (Å²) in [6.45, 7) is 1.47. The average Bonchev–Trinajstić information content (AvgIpc) is 3.36. The lowest BCUT2D eigenvalue weighted by molar-refractivity contribution is -0.137. The molecule has 26 heavy (non-hydrogen) atoms. The minimum Gasteiger partial charge on any atom is -0.352 e. The summed E-state index contributed by atoms with van der Waals surface area (Å²) in [5.74, 6) is 2.28. The van der Waals surface area contributed by atoms with Gasteiger partial charge in [-0.3, -0.25) is 0 Å². The molecule has 0 N–H and O–H groups in total. The highest BCUT2D eigenvalue weighted by molar-refractivity contribution is 5.76. The van der Waals surface area contributed by atoms with E-state index < -0.39 is 11.7 Å². The second-order valence-corrected chi connectivity index (χ2v) is 7.06. The number of rotatable bonds is 3. The van der Waals surface area contributed by atoms with Crippen LogP contribution in [0.4, 0.5) is 19.0 Å². The molecule has 1 aromatic carbocycles. The number of alkyl halides is 3. The quantitative estimate of drug-likeness (QED) is 0.696. The number of halogens is 3. The predicted octanol–water partition coefficient (Wildman–Crippen LogP) is 4.39. The van der Waals surface area contributed by atoms with E-state index >= 15 is 0 Å².